The first kappa shape index (κ1) is 8.79. The van der Waals surface area contributed by atoms with E-state index in [1.54, 1.807) is 6.92 Å². The van der Waals surface area contributed by atoms with Gasteiger partial charge in [-0.2, -0.15) is 0 Å². The van der Waals surface area contributed by atoms with E-state index in [1.807, 2.05) is 0 Å². The molecule has 5 heteroatoms. The fourth-order valence-corrected chi connectivity index (χ4v) is 2.55. The zero-order valence-corrected chi connectivity index (χ0v) is 8.69. The van der Waals surface area contributed by atoms with Crippen LogP contribution >= 0.6 is 33.9 Å². The van der Waals surface area contributed by atoms with E-state index in [0.717, 1.165) is 8.45 Å². The third kappa shape index (κ3) is 1.48. The van der Waals surface area contributed by atoms with E-state index in [4.69, 9.17) is 10.8 Å². The molecule has 1 rings (SSSR count). The van der Waals surface area contributed by atoms with Gasteiger partial charge in [0.15, 0.2) is 0 Å². The van der Waals surface area contributed by atoms with E-state index >= 15 is 0 Å². The largest absolute Gasteiger partial charge is 0.478 e. The Kier molecular flexibility index (Phi) is 2.38. The Balaban J connectivity index is 3.34. The quantitative estimate of drug-likeness (QED) is 0.774. The third-order valence-electron chi connectivity index (χ3n) is 1.33. The van der Waals surface area contributed by atoms with Crippen molar-refractivity contribution in [1.82, 2.24) is 0 Å². The van der Waals surface area contributed by atoms with Gasteiger partial charge >= 0.3 is 5.97 Å². The smallest absolute Gasteiger partial charge is 0.339 e. The number of nitrogen functional groups attached to an aromatic ring is 1. The zero-order valence-electron chi connectivity index (χ0n) is 5.72. The van der Waals surface area contributed by atoms with Gasteiger partial charge in [0, 0.05) is 0 Å². The summed E-state index contributed by atoms with van der Waals surface area (Å²) in [4.78, 5) is 10.6. The molecule has 0 bridgehead atoms. The highest BCUT2D eigenvalue weighted by molar-refractivity contribution is 14.1. The number of aromatic carboxylic acids is 1. The third-order valence-corrected chi connectivity index (χ3v) is 3.71. The number of hydrogen-bond donors (Lipinski definition) is 2. The number of nitrogens with two attached hydrogens (primary N) is 1. The Morgan fingerprint density at radius 2 is 2.27 bits per heavy atom. The average molecular weight is 283 g/mol. The van der Waals surface area contributed by atoms with Crippen molar-refractivity contribution in [2.24, 2.45) is 0 Å². The lowest BCUT2D eigenvalue weighted by atomic mass is 10.2. The number of halogens is 1. The molecule has 0 amide bonds. The van der Waals surface area contributed by atoms with Crippen LogP contribution in [0.5, 0.6) is 0 Å². The SMILES string of the molecule is Cc1c(I)sc(N)c1C(=O)O. The summed E-state index contributed by atoms with van der Waals surface area (Å²) in [5.41, 5.74) is 6.49. The highest BCUT2D eigenvalue weighted by Gasteiger charge is 2.16. The van der Waals surface area contributed by atoms with E-state index in [9.17, 15) is 4.79 Å². The number of carboxylic acids is 1. The molecule has 0 aliphatic rings. The topological polar surface area (TPSA) is 63.3 Å². The number of hydrogen-bond acceptors (Lipinski definition) is 3. The van der Waals surface area contributed by atoms with E-state index < -0.39 is 5.97 Å². The van der Waals surface area contributed by atoms with Crippen molar-refractivity contribution >= 4 is 44.9 Å². The zero-order chi connectivity index (χ0) is 8.59. The van der Waals surface area contributed by atoms with Crippen molar-refractivity contribution in [1.29, 1.82) is 0 Å². The van der Waals surface area contributed by atoms with Crippen LogP contribution < -0.4 is 5.73 Å². The predicted molar refractivity (Wildman–Crippen MR) is 53.1 cm³/mol. The number of thiophene rings is 1. The summed E-state index contributed by atoms with van der Waals surface area (Å²) in [6.07, 6.45) is 0. The fourth-order valence-electron chi connectivity index (χ4n) is 0.773. The fraction of sp³-hybridized carbons (Fsp3) is 0.167. The van der Waals surface area contributed by atoms with Crippen molar-refractivity contribution < 1.29 is 9.90 Å². The molecule has 1 heterocycles. The van der Waals surface area contributed by atoms with Crippen molar-refractivity contribution in [3.05, 3.63) is 14.0 Å². The van der Waals surface area contributed by atoms with Crippen LogP contribution in [0.15, 0.2) is 0 Å². The molecule has 0 radical (unpaired) electrons. The van der Waals surface area contributed by atoms with Crippen LogP contribution in [-0.4, -0.2) is 11.1 Å². The molecule has 0 saturated heterocycles. The Morgan fingerprint density at radius 1 is 1.73 bits per heavy atom. The molecule has 3 N–H and O–H groups in total. The maximum atomic E-state index is 10.6. The number of anilines is 1. The van der Waals surface area contributed by atoms with Crippen LogP contribution in [0.1, 0.15) is 15.9 Å². The van der Waals surface area contributed by atoms with Gasteiger partial charge in [0.1, 0.15) is 5.00 Å². The van der Waals surface area contributed by atoms with Gasteiger partial charge in [-0.25, -0.2) is 4.79 Å². The second-order valence-corrected chi connectivity index (χ2v) is 4.91. The van der Waals surface area contributed by atoms with Crippen molar-refractivity contribution in [2.45, 2.75) is 6.92 Å². The van der Waals surface area contributed by atoms with E-state index in [0.29, 0.717) is 5.00 Å². The number of rotatable bonds is 1. The lowest BCUT2D eigenvalue weighted by molar-refractivity contribution is 0.0698. The molecular formula is C6H6INO2S. The summed E-state index contributed by atoms with van der Waals surface area (Å²) in [5.74, 6) is -0.945. The standard InChI is InChI=1S/C6H6INO2S/c1-2-3(6(9)10)5(8)11-4(2)7/h8H2,1H3,(H,9,10). The molecule has 0 fully saturated rings. The minimum Gasteiger partial charge on any atom is -0.478 e. The maximum Gasteiger partial charge on any atom is 0.339 e. The number of carbonyl (C=O) groups is 1. The van der Waals surface area contributed by atoms with Gasteiger partial charge in [0.05, 0.1) is 8.45 Å². The first-order valence-corrected chi connectivity index (χ1v) is 4.71. The average Bonchev–Trinajstić information content (AvgIpc) is 2.07. The normalized spacial score (nSPS) is 10.0. The maximum absolute atomic E-state index is 10.6. The van der Waals surface area contributed by atoms with Gasteiger partial charge in [0.25, 0.3) is 0 Å². The van der Waals surface area contributed by atoms with Crippen LogP contribution in [0.2, 0.25) is 0 Å². The van der Waals surface area contributed by atoms with Crippen LogP contribution in [0.4, 0.5) is 5.00 Å². The Bertz CT molecular complexity index is 308. The van der Waals surface area contributed by atoms with E-state index in [1.165, 1.54) is 11.3 Å². The molecule has 60 valence electrons. The van der Waals surface area contributed by atoms with Gasteiger partial charge in [-0.1, -0.05) is 0 Å². The molecule has 0 atom stereocenters. The van der Waals surface area contributed by atoms with Gasteiger partial charge in [-0.15, -0.1) is 11.3 Å². The molecule has 0 aliphatic heterocycles. The van der Waals surface area contributed by atoms with Crippen LogP contribution in [0.3, 0.4) is 0 Å². The minimum atomic E-state index is -0.945. The van der Waals surface area contributed by atoms with Crippen molar-refractivity contribution in [3.63, 3.8) is 0 Å². The summed E-state index contributed by atoms with van der Waals surface area (Å²) in [7, 11) is 0. The van der Waals surface area contributed by atoms with Gasteiger partial charge in [0.2, 0.25) is 0 Å². The molecular weight excluding hydrogens is 277 g/mol. The Labute approximate surface area is 81.4 Å². The Hall–Kier alpha value is -0.300. The lowest BCUT2D eigenvalue weighted by Crippen LogP contribution is -2.00. The molecule has 0 aromatic carbocycles. The molecule has 0 saturated carbocycles. The second-order valence-electron chi connectivity index (χ2n) is 2.05. The summed E-state index contributed by atoms with van der Waals surface area (Å²) in [6, 6.07) is 0. The number of carboxylic acid groups (broad SMARTS) is 1. The van der Waals surface area contributed by atoms with Crippen molar-refractivity contribution in [2.75, 3.05) is 5.73 Å². The summed E-state index contributed by atoms with van der Waals surface area (Å²) < 4.78 is 0.942. The van der Waals surface area contributed by atoms with Crippen molar-refractivity contribution in [3.8, 4) is 0 Å². The molecule has 11 heavy (non-hydrogen) atoms. The highest BCUT2D eigenvalue weighted by atomic mass is 127. The van der Waals surface area contributed by atoms with Gasteiger partial charge < -0.3 is 10.8 Å². The first-order chi connectivity index (χ1) is 5.04. The lowest BCUT2D eigenvalue weighted by Gasteiger charge is -1.92. The molecule has 1 aromatic heterocycles. The first-order valence-electron chi connectivity index (χ1n) is 2.81. The molecule has 3 nitrogen and oxygen atoms in total. The van der Waals surface area contributed by atoms with Gasteiger partial charge in [-0.05, 0) is 35.1 Å². The molecule has 0 spiro atoms. The highest BCUT2D eigenvalue weighted by Crippen LogP contribution is 2.31. The summed E-state index contributed by atoms with van der Waals surface area (Å²) >= 11 is 3.39. The minimum absolute atomic E-state index is 0.249. The monoisotopic (exact) mass is 283 g/mol. The summed E-state index contributed by atoms with van der Waals surface area (Å²) in [6.45, 7) is 1.76. The second kappa shape index (κ2) is 2.98. The van der Waals surface area contributed by atoms with E-state index in [2.05, 4.69) is 22.6 Å². The summed E-state index contributed by atoms with van der Waals surface area (Å²) in [5, 5.41) is 9.07. The van der Waals surface area contributed by atoms with E-state index in [-0.39, 0.29) is 5.56 Å². The van der Waals surface area contributed by atoms with Gasteiger partial charge in [-0.3, -0.25) is 0 Å². The predicted octanol–water partition coefficient (Wildman–Crippen LogP) is 1.94. The molecule has 0 unspecified atom stereocenters. The molecule has 1 aromatic rings. The Morgan fingerprint density at radius 3 is 2.45 bits per heavy atom. The van der Waals surface area contributed by atoms with Crippen LogP contribution in [0.25, 0.3) is 0 Å². The van der Waals surface area contributed by atoms with Crippen LogP contribution in [0, 0.1) is 9.81 Å². The van der Waals surface area contributed by atoms with Crippen LogP contribution in [-0.2, 0) is 0 Å². The molecule has 0 aliphatic carbocycles.